The van der Waals surface area contributed by atoms with E-state index in [1.807, 2.05) is 31.2 Å². The van der Waals surface area contributed by atoms with Crippen molar-refractivity contribution >= 4 is 11.7 Å². The third-order valence-corrected chi connectivity index (χ3v) is 2.21. The molecule has 1 aromatic carbocycles. The Hall–Kier alpha value is -2.10. The van der Waals surface area contributed by atoms with Gasteiger partial charge in [-0.1, -0.05) is 23.8 Å². The van der Waals surface area contributed by atoms with Crippen molar-refractivity contribution in [2.75, 3.05) is 5.32 Å². The summed E-state index contributed by atoms with van der Waals surface area (Å²) < 4.78 is 0. The van der Waals surface area contributed by atoms with Crippen molar-refractivity contribution in [1.29, 1.82) is 0 Å². The monoisotopic (exact) mass is 215 g/mol. The molecule has 1 aromatic heterocycles. The fraction of sp³-hybridized carbons (Fsp3) is 0.167. The number of carbonyl (C=O) groups excluding carboxylic acids is 1. The lowest BCUT2D eigenvalue weighted by molar-refractivity contribution is -0.114. The van der Waals surface area contributed by atoms with Crippen LogP contribution in [0, 0.1) is 6.92 Å². The molecule has 0 radical (unpaired) electrons. The van der Waals surface area contributed by atoms with Crippen LogP contribution in [0.15, 0.2) is 30.3 Å². The minimum atomic E-state index is -0.123. The Morgan fingerprint density at radius 1 is 1.38 bits per heavy atom. The number of aryl methyl sites for hydroxylation is 1. The number of aromatic amines is 1. The molecule has 0 aliphatic carbocycles. The van der Waals surface area contributed by atoms with E-state index in [0.29, 0.717) is 5.82 Å². The second-order valence-corrected chi connectivity index (χ2v) is 3.72. The average molecular weight is 215 g/mol. The number of hydrogen-bond acceptors (Lipinski definition) is 2. The third-order valence-electron chi connectivity index (χ3n) is 2.21. The minimum Gasteiger partial charge on any atom is -0.309 e. The molecular weight excluding hydrogens is 202 g/mol. The van der Waals surface area contributed by atoms with Gasteiger partial charge in [0, 0.05) is 13.0 Å². The van der Waals surface area contributed by atoms with Crippen LogP contribution in [0.4, 0.5) is 5.82 Å². The van der Waals surface area contributed by atoms with Crippen molar-refractivity contribution in [2.45, 2.75) is 13.8 Å². The highest BCUT2D eigenvalue weighted by molar-refractivity contribution is 5.88. The van der Waals surface area contributed by atoms with Gasteiger partial charge in [-0.15, -0.1) is 0 Å². The Morgan fingerprint density at radius 2 is 2.19 bits per heavy atom. The molecule has 2 rings (SSSR count). The normalized spacial score (nSPS) is 10.1. The summed E-state index contributed by atoms with van der Waals surface area (Å²) in [6, 6.07) is 9.90. The number of nitrogens with zero attached hydrogens (tertiary/aromatic N) is 1. The largest absolute Gasteiger partial charge is 0.309 e. The standard InChI is InChI=1S/C12H13N3O/c1-8-4-3-5-10(6-8)11-7-12(15-14-11)13-9(2)16/h3-7H,1-2H3,(H2,13,14,15,16). The minimum absolute atomic E-state index is 0.123. The van der Waals surface area contributed by atoms with E-state index in [1.54, 1.807) is 0 Å². The third kappa shape index (κ3) is 2.28. The molecule has 1 heterocycles. The van der Waals surface area contributed by atoms with Crippen molar-refractivity contribution < 1.29 is 4.79 Å². The van der Waals surface area contributed by atoms with Crippen LogP contribution in [0.5, 0.6) is 0 Å². The van der Waals surface area contributed by atoms with Crippen LogP contribution in [0.2, 0.25) is 0 Å². The summed E-state index contributed by atoms with van der Waals surface area (Å²) in [5.41, 5.74) is 3.14. The van der Waals surface area contributed by atoms with Gasteiger partial charge in [0.25, 0.3) is 0 Å². The van der Waals surface area contributed by atoms with Gasteiger partial charge in [0.2, 0.25) is 5.91 Å². The van der Waals surface area contributed by atoms with E-state index < -0.39 is 0 Å². The van der Waals surface area contributed by atoms with Crippen LogP contribution in [0.25, 0.3) is 11.3 Å². The average Bonchev–Trinajstić information content (AvgIpc) is 2.65. The molecule has 0 saturated heterocycles. The molecule has 0 bridgehead atoms. The molecule has 0 fully saturated rings. The molecule has 2 aromatic rings. The Labute approximate surface area is 93.7 Å². The summed E-state index contributed by atoms with van der Waals surface area (Å²) in [6.45, 7) is 3.50. The van der Waals surface area contributed by atoms with Crippen molar-refractivity contribution in [2.24, 2.45) is 0 Å². The lowest BCUT2D eigenvalue weighted by atomic mass is 10.1. The quantitative estimate of drug-likeness (QED) is 0.807. The predicted molar refractivity (Wildman–Crippen MR) is 63.1 cm³/mol. The van der Waals surface area contributed by atoms with Gasteiger partial charge >= 0.3 is 0 Å². The molecule has 4 nitrogen and oxygen atoms in total. The van der Waals surface area contributed by atoms with Gasteiger partial charge in [-0.05, 0) is 18.6 Å². The lowest BCUT2D eigenvalue weighted by Gasteiger charge is -1.97. The van der Waals surface area contributed by atoms with Crippen LogP contribution >= 0.6 is 0 Å². The summed E-state index contributed by atoms with van der Waals surface area (Å²) in [7, 11) is 0. The lowest BCUT2D eigenvalue weighted by Crippen LogP contribution is -2.05. The van der Waals surface area contributed by atoms with E-state index >= 15 is 0 Å². The SMILES string of the molecule is CC(=O)Nc1cc(-c2cccc(C)c2)[nH]n1. The molecule has 0 saturated carbocycles. The number of hydrogen-bond donors (Lipinski definition) is 2. The molecule has 0 aliphatic heterocycles. The van der Waals surface area contributed by atoms with E-state index in [-0.39, 0.29) is 5.91 Å². The van der Waals surface area contributed by atoms with Crippen LogP contribution in [-0.2, 0) is 4.79 Å². The first-order valence-electron chi connectivity index (χ1n) is 5.05. The predicted octanol–water partition coefficient (Wildman–Crippen LogP) is 2.34. The Morgan fingerprint density at radius 3 is 2.88 bits per heavy atom. The van der Waals surface area contributed by atoms with Gasteiger partial charge in [-0.3, -0.25) is 9.89 Å². The summed E-state index contributed by atoms with van der Waals surface area (Å²) in [5, 5.41) is 9.52. The summed E-state index contributed by atoms with van der Waals surface area (Å²) in [5.74, 6) is 0.422. The maximum Gasteiger partial charge on any atom is 0.222 e. The van der Waals surface area contributed by atoms with Gasteiger partial charge in [-0.25, -0.2) is 0 Å². The molecule has 0 aliphatic rings. The number of H-pyrrole nitrogens is 1. The smallest absolute Gasteiger partial charge is 0.222 e. The van der Waals surface area contributed by atoms with Crippen molar-refractivity contribution in [1.82, 2.24) is 10.2 Å². The molecule has 0 atom stereocenters. The van der Waals surface area contributed by atoms with Crippen LogP contribution in [0.3, 0.4) is 0 Å². The molecule has 16 heavy (non-hydrogen) atoms. The molecule has 82 valence electrons. The van der Waals surface area contributed by atoms with E-state index in [1.165, 1.54) is 12.5 Å². The number of benzene rings is 1. The van der Waals surface area contributed by atoms with Gasteiger partial charge < -0.3 is 5.32 Å². The molecule has 4 heteroatoms. The number of rotatable bonds is 2. The van der Waals surface area contributed by atoms with E-state index in [4.69, 9.17) is 0 Å². The van der Waals surface area contributed by atoms with E-state index in [2.05, 4.69) is 21.6 Å². The first-order chi connectivity index (χ1) is 7.65. The molecule has 0 unspecified atom stereocenters. The Balaban J connectivity index is 2.28. The number of nitrogens with one attached hydrogen (secondary N) is 2. The zero-order chi connectivity index (χ0) is 11.5. The zero-order valence-electron chi connectivity index (χ0n) is 9.24. The summed E-state index contributed by atoms with van der Waals surface area (Å²) in [6.07, 6.45) is 0. The summed E-state index contributed by atoms with van der Waals surface area (Å²) in [4.78, 5) is 10.8. The van der Waals surface area contributed by atoms with E-state index in [0.717, 1.165) is 11.3 Å². The van der Waals surface area contributed by atoms with Crippen molar-refractivity contribution in [3.05, 3.63) is 35.9 Å². The second-order valence-electron chi connectivity index (χ2n) is 3.72. The maximum atomic E-state index is 10.8. The number of anilines is 1. The van der Waals surface area contributed by atoms with Crippen LogP contribution in [0.1, 0.15) is 12.5 Å². The number of carbonyl (C=O) groups is 1. The van der Waals surface area contributed by atoms with Gasteiger partial charge in [0.1, 0.15) is 0 Å². The van der Waals surface area contributed by atoms with Crippen LogP contribution < -0.4 is 5.32 Å². The highest BCUT2D eigenvalue weighted by atomic mass is 16.1. The molecule has 1 amide bonds. The van der Waals surface area contributed by atoms with E-state index in [9.17, 15) is 4.79 Å². The maximum absolute atomic E-state index is 10.8. The van der Waals surface area contributed by atoms with Crippen LogP contribution in [-0.4, -0.2) is 16.1 Å². The summed E-state index contributed by atoms with van der Waals surface area (Å²) >= 11 is 0. The fourth-order valence-corrected chi connectivity index (χ4v) is 1.53. The topological polar surface area (TPSA) is 57.8 Å². The highest BCUT2D eigenvalue weighted by Gasteiger charge is 2.04. The Kier molecular flexibility index (Phi) is 2.72. The van der Waals surface area contributed by atoms with Gasteiger partial charge in [0.15, 0.2) is 5.82 Å². The van der Waals surface area contributed by atoms with Gasteiger partial charge in [0.05, 0.1) is 5.69 Å². The van der Waals surface area contributed by atoms with Gasteiger partial charge in [-0.2, -0.15) is 5.10 Å². The molecule has 2 N–H and O–H groups in total. The second kappa shape index (κ2) is 4.18. The molecular formula is C12H13N3O. The number of aromatic nitrogens is 2. The van der Waals surface area contributed by atoms with Crippen molar-refractivity contribution in [3.63, 3.8) is 0 Å². The first-order valence-corrected chi connectivity index (χ1v) is 5.05. The zero-order valence-corrected chi connectivity index (χ0v) is 9.24. The fourth-order valence-electron chi connectivity index (χ4n) is 1.53. The first kappa shape index (κ1) is 10.4. The molecule has 0 spiro atoms. The highest BCUT2D eigenvalue weighted by Crippen LogP contribution is 2.20. The number of amides is 1. The Bertz CT molecular complexity index is 516. The van der Waals surface area contributed by atoms with Crippen molar-refractivity contribution in [3.8, 4) is 11.3 Å².